The summed E-state index contributed by atoms with van der Waals surface area (Å²) >= 11 is 1.13. The van der Waals surface area contributed by atoms with Gasteiger partial charge >= 0.3 is 0 Å². The van der Waals surface area contributed by atoms with Crippen molar-refractivity contribution in [1.82, 2.24) is 10.0 Å². The van der Waals surface area contributed by atoms with Crippen molar-refractivity contribution >= 4 is 27.3 Å². The number of rotatable bonds is 11. The van der Waals surface area contributed by atoms with Gasteiger partial charge in [0.25, 0.3) is 10.0 Å². The number of carbonyl (C=O) groups is 1. The van der Waals surface area contributed by atoms with Crippen molar-refractivity contribution in [2.45, 2.75) is 35.9 Å². The van der Waals surface area contributed by atoms with Crippen molar-refractivity contribution in [3.63, 3.8) is 0 Å². The maximum atomic E-state index is 12.8. The van der Waals surface area contributed by atoms with Gasteiger partial charge in [-0.25, -0.2) is 8.42 Å². The van der Waals surface area contributed by atoms with Crippen LogP contribution in [0.2, 0.25) is 0 Å². The molecule has 5 nitrogen and oxygen atoms in total. The number of sulfonamides is 1. The number of hydrogen-bond donors (Lipinski definition) is 2. The van der Waals surface area contributed by atoms with E-state index in [9.17, 15) is 13.2 Å². The number of aryl methyl sites for hydroxylation is 1. The lowest BCUT2D eigenvalue weighted by Gasteiger charge is -2.18. The number of amides is 1. The van der Waals surface area contributed by atoms with Crippen LogP contribution in [0.15, 0.2) is 82.4 Å². The Morgan fingerprint density at radius 3 is 2.17 bits per heavy atom. The topological polar surface area (TPSA) is 75.3 Å². The second-order valence-corrected chi connectivity index (χ2v) is 9.92. The van der Waals surface area contributed by atoms with Crippen LogP contribution in [0.4, 0.5) is 0 Å². The predicted molar refractivity (Wildman–Crippen MR) is 121 cm³/mol. The van der Waals surface area contributed by atoms with E-state index in [4.69, 9.17) is 0 Å². The van der Waals surface area contributed by atoms with E-state index in [1.54, 1.807) is 11.4 Å². The molecule has 1 heterocycles. The van der Waals surface area contributed by atoms with Crippen molar-refractivity contribution in [1.29, 1.82) is 0 Å². The third-order valence-electron chi connectivity index (χ3n) is 4.69. The third kappa shape index (κ3) is 6.79. The lowest BCUT2D eigenvalue weighted by molar-refractivity contribution is -0.122. The van der Waals surface area contributed by atoms with Crippen molar-refractivity contribution in [2.24, 2.45) is 0 Å². The van der Waals surface area contributed by atoms with Crippen LogP contribution in [0.5, 0.6) is 0 Å². The molecule has 0 aliphatic heterocycles. The Labute approximate surface area is 182 Å². The first-order valence-electron chi connectivity index (χ1n) is 9.96. The molecule has 0 unspecified atom stereocenters. The van der Waals surface area contributed by atoms with E-state index in [2.05, 4.69) is 22.2 Å². The average Bonchev–Trinajstić information content (AvgIpc) is 3.30. The summed E-state index contributed by atoms with van der Waals surface area (Å²) < 4.78 is 28.1. The van der Waals surface area contributed by atoms with Gasteiger partial charge in [-0.15, -0.1) is 11.3 Å². The predicted octanol–water partition coefficient (Wildman–Crippen LogP) is 3.78. The lowest BCUT2D eigenvalue weighted by atomic mass is 10.1. The molecule has 0 bridgehead atoms. The molecule has 0 saturated carbocycles. The van der Waals surface area contributed by atoms with Crippen LogP contribution < -0.4 is 10.0 Å². The molecule has 0 aliphatic carbocycles. The second kappa shape index (κ2) is 11.1. The maximum Gasteiger partial charge on any atom is 0.250 e. The van der Waals surface area contributed by atoms with Gasteiger partial charge in [0.1, 0.15) is 10.3 Å². The molecule has 3 aromatic rings. The fourth-order valence-corrected chi connectivity index (χ4v) is 5.34. The Bertz CT molecular complexity index is 1010. The van der Waals surface area contributed by atoms with Gasteiger partial charge in [-0.05, 0) is 48.3 Å². The summed E-state index contributed by atoms with van der Waals surface area (Å²) in [6.45, 7) is 0.512. The summed E-state index contributed by atoms with van der Waals surface area (Å²) in [5, 5.41) is 4.60. The summed E-state index contributed by atoms with van der Waals surface area (Å²) in [6.07, 6.45) is 3.03. The van der Waals surface area contributed by atoms with Crippen molar-refractivity contribution in [2.75, 3.05) is 6.54 Å². The third-order valence-corrected chi connectivity index (χ3v) is 7.56. The molecule has 0 radical (unpaired) electrons. The highest BCUT2D eigenvalue weighted by atomic mass is 32.2. The van der Waals surface area contributed by atoms with E-state index in [-0.39, 0.29) is 10.1 Å². The molecular formula is C23H26N2O3S2. The van der Waals surface area contributed by atoms with Crippen molar-refractivity contribution in [3.8, 4) is 0 Å². The highest BCUT2D eigenvalue weighted by Gasteiger charge is 2.26. The van der Waals surface area contributed by atoms with Crippen LogP contribution in [0.1, 0.15) is 24.0 Å². The molecule has 0 spiro atoms. The first kappa shape index (κ1) is 22.2. The highest BCUT2D eigenvalue weighted by Crippen LogP contribution is 2.17. The summed E-state index contributed by atoms with van der Waals surface area (Å²) in [7, 11) is -3.74. The van der Waals surface area contributed by atoms with Crippen LogP contribution in [0.3, 0.4) is 0 Å². The minimum atomic E-state index is -3.74. The molecule has 158 valence electrons. The Balaban J connectivity index is 1.57. The van der Waals surface area contributed by atoms with E-state index in [0.717, 1.165) is 36.2 Å². The molecule has 1 atom stereocenters. The van der Waals surface area contributed by atoms with E-state index in [0.29, 0.717) is 13.0 Å². The van der Waals surface area contributed by atoms with Crippen LogP contribution >= 0.6 is 11.3 Å². The quantitative estimate of drug-likeness (QED) is 0.444. The van der Waals surface area contributed by atoms with Crippen molar-refractivity contribution in [3.05, 3.63) is 89.3 Å². The van der Waals surface area contributed by atoms with E-state index in [1.165, 1.54) is 11.6 Å². The summed E-state index contributed by atoms with van der Waals surface area (Å²) in [6, 6.07) is 22.0. The number of unbranched alkanes of at least 4 members (excludes halogenated alkanes) is 1. The van der Waals surface area contributed by atoms with Crippen molar-refractivity contribution < 1.29 is 13.2 Å². The van der Waals surface area contributed by atoms with Gasteiger partial charge in [0, 0.05) is 6.54 Å². The van der Waals surface area contributed by atoms with Gasteiger partial charge in [0.15, 0.2) is 0 Å². The van der Waals surface area contributed by atoms with Crippen LogP contribution in [0.25, 0.3) is 0 Å². The fourth-order valence-electron chi connectivity index (χ4n) is 3.13. The Morgan fingerprint density at radius 2 is 1.53 bits per heavy atom. The van der Waals surface area contributed by atoms with Crippen LogP contribution in [0, 0.1) is 0 Å². The number of thiophene rings is 1. The van der Waals surface area contributed by atoms with Gasteiger partial charge in [-0.2, -0.15) is 4.72 Å². The average molecular weight is 443 g/mol. The largest absolute Gasteiger partial charge is 0.355 e. The number of benzene rings is 2. The minimum Gasteiger partial charge on any atom is -0.355 e. The number of hydrogen-bond acceptors (Lipinski definition) is 4. The van der Waals surface area contributed by atoms with E-state index < -0.39 is 16.1 Å². The molecule has 0 fully saturated rings. The summed E-state index contributed by atoms with van der Waals surface area (Å²) in [5.41, 5.74) is 2.17. The van der Waals surface area contributed by atoms with Gasteiger partial charge in [0.2, 0.25) is 5.91 Å². The number of nitrogens with one attached hydrogen (secondary N) is 2. The van der Waals surface area contributed by atoms with Crippen LogP contribution in [-0.2, 0) is 27.7 Å². The Kier molecular flexibility index (Phi) is 8.19. The van der Waals surface area contributed by atoms with Crippen LogP contribution in [-0.4, -0.2) is 26.9 Å². The standard InChI is InChI=1S/C23H26N2O3S2/c26-23(24-16-8-7-12-19-10-3-1-4-11-19)21(18-20-13-5-2-6-14-20)25-30(27,28)22-15-9-17-29-22/h1-6,9-11,13-15,17,21,25H,7-8,12,16,18H2,(H,24,26)/t21-/m0/s1. The summed E-state index contributed by atoms with van der Waals surface area (Å²) in [4.78, 5) is 12.8. The lowest BCUT2D eigenvalue weighted by Crippen LogP contribution is -2.48. The van der Waals surface area contributed by atoms with Gasteiger partial charge in [-0.1, -0.05) is 66.7 Å². The molecule has 2 aromatic carbocycles. The molecule has 30 heavy (non-hydrogen) atoms. The SMILES string of the molecule is O=C(NCCCCc1ccccc1)[C@H](Cc1ccccc1)NS(=O)(=O)c1cccs1. The fraction of sp³-hybridized carbons (Fsp3) is 0.261. The monoisotopic (exact) mass is 442 g/mol. The zero-order chi connectivity index (χ0) is 21.2. The molecular weight excluding hydrogens is 416 g/mol. The molecule has 2 N–H and O–H groups in total. The first-order chi connectivity index (χ1) is 14.5. The van der Waals surface area contributed by atoms with Gasteiger partial charge in [-0.3, -0.25) is 4.79 Å². The highest BCUT2D eigenvalue weighted by molar-refractivity contribution is 7.91. The summed E-state index contributed by atoms with van der Waals surface area (Å²) in [5.74, 6) is -0.307. The Morgan fingerprint density at radius 1 is 0.867 bits per heavy atom. The zero-order valence-electron chi connectivity index (χ0n) is 16.7. The molecule has 7 heteroatoms. The Hall–Kier alpha value is -2.48. The molecule has 0 aliphatic rings. The molecule has 1 amide bonds. The van der Waals surface area contributed by atoms with Gasteiger partial charge < -0.3 is 5.32 Å². The second-order valence-electron chi connectivity index (χ2n) is 7.03. The van der Waals surface area contributed by atoms with E-state index in [1.807, 2.05) is 48.5 Å². The molecule has 1 aromatic heterocycles. The first-order valence-corrected chi connectivity index (χ1v) is 12.3. The maximum absolute atomic E-state index is 12.8. The zero-order valence-corrected chi connectivity index (χ0v) is 18.3. The minimum absolute atomic E-state index is 0.205. The number of carbonyl (C=O) groups excluding carboxylic acids is 1. The smallest absolute Gasteiger partial charge is 0.250 e. The van der Waals surface area contributed by atoms with Gasteiger partial charge in [0.05, 0.1) is 0 Å². The van der Waals surface area contributed by atoms with E-state index >= 15 is 0 Å². The molecule has 3 rings (SSSR count). The molecule has 0 saturated heterocycles. The normalized spacial score (nSPS) is 12.4.